The van der Waals surface area contributed by atoms with Gasteiger partial charge in [-0.1, -0.05) is 0 Å². The van der Waals surface area contributed by atoms with Crippen LogP contribution in [-0.2, 0) is 14.9 Å². The van der Waals surface area contributed by atoms with Gasteiger partial charge in [-0.25, -0.2) is 4.79 Å². The molecule has 1 rings (SSSR count). The summed E-state index contributed by atoms with van der Waals surface area (Å²) in [4.78, 5) is 10.7. The van der Waals surface area contributed by atoms with Crippen LogP contribution in [0.1, 0.15) is 0 Å². The average Bonchev–Trinajstić information content (AvgIpc) is 2.28. The van der Waals surface area contributed by atoms with Crippen LogP contribution in [0.2, 0.25) is 0 Å². The minimum atomic E-state index is -3.59. The zero-order chi connectivity index (χ0) is 8.48. The Morgan fingerprint density at radius 1 is 1.64 bits per heavy atom. The van der Waals surface area contributed by atoms with E-state index in [2.05, 4.69) is 9.46 Å². The zero-order valence-electron chi connectivity index (χ0n) is 5.90. The van der Waals surface area contributed by atoms with Gasteiger partial charge < -0.3 is 4.74 Å². The Labute approximate surface area is 64.3 Å². The predicted octanol–water partition coefficient (Wildman–Crippen LogP) is -1.10. The molecule has 1 aliphatic heterocycles. The number of carbonyl (C=O) groups excluding carboxylic acids is 1. The molecule has 1 N–H and O–H groups in total. The molecule has 0 bridgehead atoms. The first-order valence-electron chi connectivity index (χ1n) is 2.93. The van der Waals surface area contributed by atoms with Crippen LogP contribution in [0.5, 0.6) is 0 Å². The summed E-state index contributed by atoms with van der Waals surface area (Å²) < 4.78 is 28.8. The van der Waals surface area contributed by atoms with Crippen molar-refractivity contribution < 1.29 is 17.9 Å². The van der Waals surface area contributed by atoms with E-state index in [4.69, 9.17) is 0 Å². The van der Waals surface area contributed by atoms with Crippen LogP contribution in [0.15, 0.2) is 0 Å². The van der Waals surface area contributed by atoms with E-state index >= 15 is 0 Å². The van der Waals surface area contributed by atoms with E-state index in [0.717, 1.165) is 7.11 Å². The second kappa shape index (κ2) is 2.67. The average molecular weight is 180 g/mol. The number of hydrogen-bond acceptors (Lipinski definition) is 4. The normalized spacial score (nSPS) is 21.7. The number of nitrogens with one attached hydrogen (secondary N) is 1. The van der Waals surface area contributed by atoms with Gasteiger partial charge in [-0.3, -0.25) is 0 Å². The molecule has 0 spiro atoms. The van der Waals surface area contributed by atoms with Crippen molar-refractivity contribution in [2.75, 3.05) is 20.2 Å². The fourth-order valence-electron chi connectivity index (χ4n) is 0.765. The van der Waals surface area contributed by atoms with E-state index < -0.39 is 16.3 Å². The quantitative estimate of drug-likeness (QED) is 0.513. The fourth-order valence-corrected chi connectivity index (χ4v) is 1.87. The Morgan fingerprint density at radius 3 is 2.64 bits per heavy atom. The molecular formula is C4H8N2O4S. The van der Waals surface area contributed by atoms with Gasteiger partial charge in [-0.2, -0.15) is 17.4 Å². The van der Waals surface area contributed by atoms with Crippen molar-refractivity contribution in [3.05, 3.63) is 0 Å². The first kappa shape index (κ1) is 8.28. The summed E-state index contributed by atoms with van der Waals surface area (Å²) in [5, 5.41) is 0. The molecule has 0 aliphatic carbocycles. The summed E-state index contributed by atoms with van der Waals surface area (Å²) in [6.07, 6.45) is -0.852. The fraction of sp³-hybridized carbons (Fsp3) is 0.750. The molecule has 0 atom stereocenters. The third-order valence-electron chi connectivity index (χ3n) is 1.27. The standard InChI is InChI=1S/C4H8N2O4S/c1-10-4(7)6-3-2-5-11(6,8)9/h5H,2-3H2,1H3. The minimum absolute atomic E-state index is 0.134. The monoisotopic (exact) mass is 180 g/mol. The van der Waals surface area contributed by atoms with Gasteiger partial charge >= 0.3 is 16.3 Å². The van der Waals surface area contributed by atoms with Gasteiger partial charge in [0.1, 0.15) is 0 Å². The maximum atomic E-state index is 10.9. The van der Waals surface area contributed by atoms with Gasteiger partial charge in [0.05, 0.1) is 13.7 Å². The first-order valence-corrected chi connectivity index (χ1v) is 4.37. The summed E-state index contributed by atoms with van der Waals surface area (Å²) >= 11 is 0. The highest BCUT2D eigenvalue weighted by atomic mass is 32.2. The highest BCUT2D eigenvalue weighted by Crippen LogP contribution is 2.05. The van der Waals surface area contributed by atoms with Crippen LogP contribution in [0.4, 0.5) is 4.79 Å². The molecule has 6 nitrogen and oxygen atoms in total. The molecule has 0 saturated carbocycles. The maximum absolute atomic E-state index is 10.9. The molecule has 1 amide bonds. The number of methoxy groups -OCH3 is 1. The van der Waals surface area contributed by atoms with Crippen LogP contribution >= 0.6 is 0 Å². The number of ether oxygens (including phenoxy) is 1. The lowest BCUT2D eigenvalue weighted by Gasteiger charge is -2.10. The Balaban J connectivity index is 2.82. The van der Waals surface area contributed by atoms with Crippen molar-refractivity contribution in [1.82, 2.24) is 9.03 Å². The van der Waals surface area contributed by atoms with Crippen LogP contribution in [0.25, 0.3) is 0 Å². The van der Waals surface area contributed by atoms with Crippen molar-refractivity contribution in [3.63, 3.8) is 0 Å². The second-order valence-corrected chi connectivity index (χ2v) is 3.62. The van der Waals surface area contributed by atoms with Crippen molar-refractivity contribution in [1.29, 1.82) is 0 Å². The third kappa shape index (κ3) is 1.43. The van der Waals surface area contributed by atoms with Crippen molar-refractivity contribution in [2.45, 2.75) is 0 Å². The summed E-state index contributed by atoms with van der Waals surface area (Å²) in [7, 11) is -2.45. The molecule has 11 heavy (non-hydrogen) atoms. The topological polar surface area (TPSA) is 75.7 Å². The third-order valence-corrected chi connectivity index (χ3v) is 2.75. The SMILES string of the molecule is COC(=O)N1CCNS1(=O)=O. The molecule has 0 aromatic rings. The van der Waals surface area contributed by atoms with Crippen LogP contribution in [0, 0.1) is 0 Å². The molecule has 1 heterocycles. The van der Waals surface area contributed by atoms with Gasteiger partial charge in [0.15, 0.2) is 0 Å². The molecular weight excluding hydrogens is 172 g/mol. The van der Waals surface area contributed by atoms with Crippen molar-refractivity contribution in [2.24, 2.45) is 0 Å². The molecule has 1 saturated heterocycles. The lowest BCUT2D eigenvalue weighted by molar-refractivity contribution is 0.152. The maximum Gasteiger partial charge on any atom is 0.424 e. The summed E-state index contributed by atoms with van der Waals surface area (Å²) in [6.45, 7) is 0.381. The number of rotatable bonds is 0. The van der Waals surface area contributed by atoms with Crippen molar-refractivity contribution >= 4 is 16.3 Å². The lowest BCUT2D eigenvalue weighted by atomic mass is 10.7. The smallest absolute Gasteiger partial charge is 0.424 e. The predicted molar refractivity (Wildman–Crippen MR) is 36.0 cm³/mol. The Morgan fingerprint density at radius 2 is 2.27 bits per heavy atom. The molecule has 64 valence electrons. The molecule has 0 radical (unpaired) electrons. The van der Waals surface area contributed by atoms with Crippen LogP contribution in [0.3, 0.4) is 0 Å². The van der Waals surface area contributed by atoms with Crippen molar-refractivity contribution in [3.8, 4) is 0 Å². The van der Waals surface area contributed by atoms with Crippen LogP contribution < -0.4 is 4.72 Å². The summed E-state index contributed by atoms with van der Waals surface area (Å²) in [5.41, 5.74) is 0. The van der Waals surface area contributed by atoms with Gasteiger partial charge in [0.25, 0.3) is 0 Å². The number of hydrogen-bond donors (Lipinski definition) is 1. The van der Waals surface area contributed by atoms with Gasteiger partial charge in [-0.05, 0) is 0 Å². The Hall–Kier alpha value is -0.820. The second-order valence-electron chi connectivity index (χ2n) is 1.94. The van der Waals surface area contributed by atoms with Gasteiger partial charge in [0.2, 0.25) is 0 Å². The lowest BCUT2D eigenvalue weighted by Crippen LogP contribution is -2.34. The molecule has 0 aromatic carbocycles. The molecule has 0 unspecified atom stereocenters. The minimum Gasteiger partial charge on any atom is -0.452 e. The van der Waals surface area contributed by atoms with E-state index in [0.29, 0.717) is 4.31 Å². The van der Waals surface area contributed by atoms with E-state index in [1.807, 2.05) is 0 Å². The first-order chi connectivity index (χ1) is 5.08. The van der Waals surface area contributed by atoms with Gasteiger partial charge in [-0.15, -0.1) is 0 Å². The Bertz CT molecular complexity index is 259. The Kier molecular flexibility index (Phi) is 2.01. The van der Waals surface area contributed by atoms with E-state index in [9.17, 15) is 13.2 Å². The van der Waals surface area contributed by atoms with E-state index in [-0.39, 0.29) is 13.1 Å². The molecule has 1 aliphatic rings. The summed E-state index contributed by atoms with van der Waals surface area (Å²) in [6, 6.07) is 0. The van der Waals surface area contributed by atoms with E-state index in [1.165, 1.54) is 0 Å². The molecule has 0 aromatic heterocycles. The number of carbonyl (C=O) groups is 1. The number of amides is 1. The zero-order valence-corrected chi connectivity index (χ0v) is 6.72. The number of nitrogens with zero attached hydrogens (tertiary/aromatic N) is 1. The molecule has 7 heteroatoms. The molecule has 1 fully saturated rings. The van der Waals surface area contributed by atoms with Gasteiger partial charge in [0, 0.05) is 6.54 Å². The van der Waals surface area contributed by atoms with E-state index in [1.54, 1.807) is 0 Å². The summed E-state index contributed by atoms with van der Waals surface area (Å²) in [5.74, 6) is 0. The largest absolute Gasteiger partial charge is 0.452 e. The highest BCUT2D eigenvalue weighted by molar-refractivity contribution is 7.87. The highest BCUT2D eigenvalue weighted by Gasteiger charge is 2.32. The van der Waals surface area contributed by atoms with Crippen LogP contribution in [-0.4, -0.2) is 39.0 Å².